The lowest BCUT2D eigenvalue weighted by Crippen LogP contribution is -2.32. The number of hydrogen-bond acceptors (Lipinski definition) is 5. The molecule has 2 unspecified atom stereocenters. The molecule has 7 nitrogen and oxygen atoms in total. The average Bonchev–Trinajstić information content (AvgIpc) is 3.13. The number of carbonyl (C=O) groups is 1. The fraction of sp³-hybridized carbons (Fsp3) is 0.320. The molecule has 1 fully saturated rings. The number of H-pyrrole nitrogens is 1. The van der Waals surface area contributed by atoms with Crippen LogP contribution in [0.2, 0.25) is 0 Å². The van der Waals surface area contributed by atoms with Crippen molar-refractivity contribution in [3.8, 4) is 5.75 Å². The van der Waals surface area contributed by atoms with E-state index in [0.29, 0.717) is 18.7 Å². The molecule has 1 saturated heterocycles. The summed E-state index contributed by atoms with van der Waals surface area (Å²) in [6.45, 7) is 1.32. The van der Waals surface area contributed by atoms with Gasteiger partial charge in [-0.15, -0.1) is 0 Å². The molecule has 1 aromatic heterocycles. The van der Waals surface area contributed by atoms with E-state index in [2.05, 4.69) is 26.6 Å². The number of nitrogens with zero attached hydrogens (tertiary/aromatic N) is 3. The highest BCUT2D eigenvalue weighted by molar-refractivity contribution is 5.98. The Hall–Kier alpha value is -3.61. The number of carbonyl (C=O) groups excluding carboxylic acids is 1. The molecule has 32 heavy (non-hydrogen) atoms. The fourth-order valence-corrected chi connectivity index (χ4v) is 4.89. The number of para-hydroxylation sites is 1. The smallest absolute Gasteiger partial charge is 0.253 e. The van der Waals surface area contributed by atoms with E-state index in [1.54, 1.807) is 13.2 Å². The zero-order chi connectivity index (χ0) is 22.1. The quantitative estimate of drug-likeness (QED) is 0.624. The van der Waals surface area contributed by atoms with Crippen molar-refractivity contribution in [2.75, 3.05) is 27.2 Å². The third-order valence-corrected chi connectivity index (χ3v) is 6.46. The van der Waals surface area contributed by atoms with Gasteiger partial charge in [0.15, 0.2) is 0 Å². The van der Waals surface area contributed by atoms with Crippen LogP contribution in [-0.4, -0.2) is 60.5 Å². The zero-order valence-corrected chi connectivity index (χ0v) is 18.3. The number of ether oxygens (including phenoxy) is 1. The van der Waals surface area contributed by atoms with Gasteiger partial charge in [0.1, 0.15) is 11.9 Å². The van der Waals surface area contributed by atoms with E-state index in [1.165, 1.54) is 0 Å². The summed E-state index contributed by atoms with van der Waals surface area (Å²) < 4.78 is 6.54. The van der Waals surface area contributed by atoms with Gasteiger partial charge in [-0.3, -0.25) is 14.9 Å². The summed E-state index contributed by atoms with van der Waals surface area (Å²) in [6.07, 6.45) is 5.24. The van der Waals surface area contributed by atoms with Crippen LogP contribution >= 0.6 is 0 Å². The van der Waals surface area contributed by atoms with Crippen LogP contribution in [0.4, 0.5) is 0 Å². The highest BCUT2D eigenvalue weighted by Gasteiger charge is 2.36. The molecule has 3 heterocycles. The van der Waals surface area contributed by atoms with Gasteiger partial charge in [-0.1, -0.05) is 12.1 Å². The first-order valence-electron chi connectivity index (χ1n) is 11.0. The first kappa shape index (κ1) is 20.3. The first-order chi connectivity index (χ1) is 15.7. The van der Waals surface area contributed by atoms with E-state index in [0.717, 1.165) is 46.3 Å². The van der Waals surface area contributed by atoms with E-state index >= 15 is 0 Å². The second kappa shape index (κ2) is 8.49. The third kappa shape index (κ3) is 3.53. The van der Waals surface area contributed by atoms with Crippen molar-refractivity contribution < 1.29 is 9.53 Å². The number of aromatic amines is 1. The van der Waals surface area contributed by atoms with Gasteiger partial charge in [-0.25, -0.2) is 0 Å². The standard InChI is InChI=1S/C25H27N5O2/c1-26-15-20-18-9-11-30(25(31)16-7-8-21-17(13-16)14-28-29-21)12-10-23(18)32-22-6-4-3-5-19(22)24(20)27-2/h3-8,13-15,18,23,27H,9-12H2,1-2H3,(H,28,29). The van der Waals surface area contributed by atoms with Gasteiger partial charge in [-0.05, 0) is 36.8 Å². The number of benzene rings is 2. The van der Waals surface area contributed by atoms with Gasteiger partial charge in [0.25, 0.3) is 5.91 Å². The minimum atomic E-state index is -0.0239. The monoisotopic (exact) mass is 429 g/mol. The van der Waals surface area contributed by atoms with E-state index in [4.69, 9.17) is 4.74 Å². The second-order valence-electron chi connectivity index (χ2n) is 8.27. The molecule has 2 aliphatic heterocycles. The number of amides is 1. The Morgan fingerprint density at radius 2 is 2.09 bits per heavy atom. The SMILES string of the molecule is CN=CC1=C(NC)c2ccccc2OC2CCN(C(=O)c3ccc4[nH]ncc4c3)CCC12. The van der Waals surface area contributed by atoms with Gasteiger partial charge in [0.2, 0.25) is 0 Å². The molecule has 2 aliphatic rings. The summed E-state index contributed by atoms with van der Waals surface area (Å²) in [5.41, 5.74) is 4.86. The molecule has 3 aromatic rings. The Kier molecular flexibility index (Phi) is 5.39. The van der Waals surface area contributed by atoms with E-state index in [-0.39, 0.29) is 17.9 Å². The highest BCUT2D eigenvalue weighted by Crippen LogP contribution is 2.39. The van der Waals surface area contributed by atoms with Crippen LogP contribution in [0.5, 0.6) is 5.75 Å². The molecule has 0 bridgehead atoms. The molecule has 1 amide bonds. The Balaban J connectivity index is 1.46. The number of hydrogen-bond donors (Lipinski definition) is 2. The Labute approximate surface area is 187 Å². The minimum absolute atomic E-state index is 0.0239. The largest absolute Gasteiger partial charge is 0.489 e. The topological polar surface area (TPSA) is 82.6 Å². The lowest BCUT2D eigenvalue weighted by Gasteiger charge is -2.24. The number of aromatic nitrogens is 2. The maximum atomic E-state index is 13.3. The molecule has 2 aromatic carbocycles. The lowest BCUT2D eigenvalue weighted by atomic mass is 9.88. The van der Waals surface area contributed by atoms with Crippen LogP contribution in [0.15, 0.2) is 59.2 Å². The molecule has 5 rings (SSSR count). The summed E-state index contributed by atoms with van der Waals surface area (Å²) in [5.74, 6) is 1.06. The van der Waals surface area contributed by atoms with Crippen molar-refractivity contribution in [2.24, 2.45) is 10.9 Å². The number of nitrogens with one attached hydrogen (secondary N) is 2. The van der Waals surface area contributed by atoms with Crippen molar-refractivity contribution in [1.82, 2.24) is 20.4 Å². The number of fused-ring (bicyclic) bond motifs is 3. The maximum absolute atomic E-state index is 13.3. The molecule has 2 N–H and O–H groups in total. The maximum Gasteiger partial charge on any atom is 0.253 e. The van der Waals surface area contributed by atoms with Crippen LogP contribution in [0, 0.1) is 5.92 Å². The van der Waals surface area contributed by atoms with Gasteiger partial charge >= 0.3 is 0 Å². The highest BCUT2D eigenvalue weighted by atomic mass is 16.5. The van der Waals surface area contributed by atoms with Gasteiger partial charge in [0, 0.05) is 67.8 Å². The number of rotatable bonds is 3. The molecule has 0 spiro atoms. The zero-order valence-electron chi connectivity index (χ0n) is 18.3. The van der Waals surface area contributed by atoms with Crippen molar-refractivity contribution in [3.63, 3.8) is 0 Å². The summed E-state index contributed by atoms with van der Waals surface area (Å²) in [7, 11) is 3.74. The van der Waals surface area contributed by atoms with Crippen molar-refractivity contribution in [3.05, 3.63) is 65.4 Å². The summed E-state index contributed by atoms with van der Waals surface area (Å²) >= 11 is 0. The molecule has 7 heteroatoms. The van der Waals surface area contributed by atoms with Crippen LogP contribution < -0.4 is 10.1 Å². The lowest BCUT2D eigenvalue weighted by molar-refractivity contribution is 0.0755. The van der Waals surface area contributed by atoms with Gasteiger partial charge in [0.05, 0.1) is 17.4 Å². The molecule has 164 valence electrons. The molecule has 0 radical (unpaired) electrons. The Bertz CT molecular complexity index is 1210. The van der Waals surface area contributed by atoms with Crippen molar-refractivity contribution in [2.45, 2.75) is 18.9 Å². The van der Waals surface area contributed by atoms with E-state index in [9.17, 15) is 4.79 Å². The second-order valence-corrected chi connectivity index (χ2v) is 8.27. The summed E-state index contributed by atoms with van der Waals surface area (Å²) in [5, 5.41) is 11.3. The summed E-state index contributed by atoms with van der Waals surface area (Å²) in [6, 6.07) is 13.8. The van der Waals surface area contributed by atoms with Crippen LogP contribution in [0.1, 0.15) is 28.8 Å². The van der Waals surface area contributed by atoms with E-state index < -0.39 is 0 Å². The average molecular weight is 430 g/mol. The number of likely N-dealkylation sites (tertiary alicyclic amines) is 1. The first-order valence-corrected chi connectivity index (χ1v) is 11.0. The third-order valence-electron chi connectivity index (χ3n) is 6.46. The number of aliphatic imine (C=N–C) groups is 1. The molecular formula is C25H27N5O2. The normalized spacial score (nSPS) is 21.0. The fourth-order valence-electron chi connectivity index (χ4n) is 4.89. The van der Waals surface area contributed by atoms with Crippen molar-refractivity contribution >= 4 is 28.7 Å². The van der Waals surface area contributed by atoms with E-state index in [1.807, 2.05) is 54.6 Å². The minimum Gasteiger partial charge on any atom is -0.489 e. The summed E-state index contributed by atoms with van der Waals surface area (Å²) in [4.78, 5) is 19.6. The van der Waals surface area contributed by atoms with Gasteiger partial charge in [-0.2, -0.15) is 5.10 Å². The Morgan fingerprint density at radius 3 is 2.94 bits per heavy atom. The molecule has 2 atom stereocenters. The molecule has 0 saturated carbocycles. The predicted molar refractivity (Wildman–Crippen MR) is 126 cm³/mol. The predicted octanol–water partition coefficient (Wildman–Crippen LogP) is 3.51. The van der Waals surface area contributed by atoms with Gasteiger partial charge < -0.3 is 15.0 Å². The van der Waals surface area contributed by atoms with Crippen LogP contribution in [-0.2, 0) is 0 Å². The Morgan fingerprint density at radius 1 is 1.25 bits per heavy atom. The van der Waals surface area contributed by atoms with Crippen LogP contribution in [0.3, 0.4) is 0 Å². The van der Waals surface area contributed by atoms with Crippen molar-refractivity contribution in [1.29, 1.82) is 0 Å². The van der Waals surface area contributed by atoms with Crippen LogP contribution in [0.25, 0.3) is 16.6 Å². The molecule has 0 aliphatic carbocycles. The molecular weight excluding hydrogens is 402 g/mol.